The second kappa shape index (κ2) is 15.6. The highest BCUT2D eigenvalue weighted by atomic mass is 35.5. The van der Waals surface area contributed by atoms with Crippen LogP contribution in [0.15, 0.2) is 96.7 Å². The van der Waals surface area contributed by atoms with E-state index in [2.05, 4.69) is 10.4 Å². The zero-order chi connectivity index (χ0) is 42.7. The van der Waals surface area contributed by atoms with E-state index in [1.165, 1.54) is 18.2 Å². The summed E-state index contributed by atoms with van der Waals surface area (Å²) >= 11 is 12.6. The van der Waals surface area contributed by atoms with Gasteiger partial charge in [0.15, 0.2) is 5.82 Å². The number of carboxylic acids is 1. The minimum absolute atomic E-state index is 0.0306. The summed E-state index contributed by atoms with van der Waals surface area (Å²) in [5.41, 5.74) is 1.42. The number of pyridine rings is 1. The maximum Gasteiger partial charge on any atom is 0.417 e. The van der Waals surface area contributed by atoms with Crippen LogP contribution in [-0.4, -0.2) is 61.2 Å². The molecule has 0 radical (unpaired) electrons. The van der Waals surface area contributed by atoms with Gasteiger partial charge in [-0.3, -0.25) is 34.3 Å². The summed E-state index contributed by atoms with van der Waals surface area (Å²) in [6.45, 7) is 0.0469. The molecule has 2 saturated heterocycles. The van der Waals surface area contributed by atoms with Crippen LogP contribution in [0.3, 0.4) is 0 Å². The van der Waals surface area contributed by atoms with Crippen molar-refractivity contribution in [2.24, 2.45) is 23.7 Å². The summed E-state index contributed by atoms with van der Waals surface area (Å²) in [5, 5.41) is 21.6. The number of nitrogens with zero attached hydrogens (tertiary/aromatic N) is 3. The monoisotopic (exact) mass is 862 g/mol. The molecule has 2 aliphatic carbocycles. The number of carbonyl (C=O) groups excluding carboxylic acids is 4. The fraction of sp³-hybridized carbons (Fsp3) is 0.302. The third-order valence-corrected chi connectivity index (χ3v) is 12.5. The van der Waals surface area contributed by atoms with Gasteiger partial charge in [-0.15, -0.1) is 0 Å². The van der Waals surface area contributed by atoms with Crippen molar-refractivity contribution in [1.29, 1.82) is 0 Å². The number of anilines is 1. The highest BCUT2D eigenvalue weighted by Crippen LogP contribution is 2.65. The van der Waals surface area contributed by atoms with Crippen molar-refractivity contribution in [3.8, 4) is 11.5 Å². The molecule has 1 saturated carbocycles. The Hall–Kier alpha value is -5.93. The van der Waals surface area contributed by atoms with Crippen molar-refractivity contribution in [3.63, 3.8) is 0 Å². The molecule has 1 aromatic heterocycles. The number of carboxylic acid groups (broad SMARTS) is 1. The highest BCUT2D eigenvalue weighted by molar-refractivity contribution is 6.33. The number of hydrogen-bond acceptors (Lipinski definition) is 9. The van der Waals surface area contributed by atoms with E-state index in [1.807, 2.05) is 30.3 Å². The molecule has 0 spiro atoms. The molecule has 3 heterocycles. The number of alkyl halides is 3. The Morgan fingerprint density at radius 1 is 0.950 bits per heavy atom. The largest absolute Gasteiger partial charge is 0.508 e. The number of phenols is 1. The predicted molar refractivity (Wildman–Crippen MR) is 209 cm³/mol. The molecule has 12 nitrogen and oxygen atoms in total. The first kappa shape index (κ1) is 40.8. The molecule has 8 rings (SSSR count). The van der Waals surface area contributed by atoms with Gasteiger partial charge in [0.05, 0.1) is 33.8 Å². The van der Waals surface area contributed by atoms with E-state index in [0.717, 1.165) is 10.5 Å². The molecular formula is C43H35Cl2F3N4O8. The molecule has 4 aliphatic rings. The second-order valence-corrected chi connectivity index (χ2v) is 16.1. The third kappa shape index (κ3) is 6.92. The first-order valence-electron chi connectivity index (χ1n) is 19.0. The summed E-state index contributed by atoms with van der Waals surface area (Å²) in [5.74, 6) is -9.31. The summed E-state index contributed by atoms with van der Waals surface area (Å²) < 4.78 is 46.6. The average molecular weight is 864 g/mol. The Labute approximate surface area is 350 Å². The number of phenolic OH excluding ortho intramolecular Hbond substituents is 1. The summed E-state index contributed by atoms with van der Waals surface area (Å²) in [6.07, 6.45) is -2.80. The number of rotatable bonds is 11. The van der Waals surface area contributed by atoms with Crippen molar-refractivity contribution in [1.82, 2.24) is 14.9 Å². The number of nitrogens with one attached hydrogen (secondary N) is 1. The van der Waals surface area contributed by atoms with E-state index >= 15 is 4.79 Å². The number of fused-ring (bicyclic) bond motifs is 4. The molecule has 3 N–H and O–H groups in total. The number of hydrazine groups is 1. The van der Waals surface area contributed by atoms with Gasteiger partial charge >= 0.3 is 12.1 Å². The van der Waals surface area contributed by atoms with Crippen LogP contribution < -0.4 is 10.2 Å². The second-order valence-electron chi connectivity index (χ2n) is 15.2. The first-order valence-corrected chi connectivity index (χ1v) is 19.8. The number of aromatic nitrogens is 1. The van der Waals surface area contributed by atoms with Gasteiger partial charge in [-0.05, 0) is 60.6 Å². The third-order valence-electron chi connectivity index (χ3n) is 12.0. The van der Waals surface area contributed by atoms with Gasteiger partial charge in [0.1, 0.15) is 18.1 Å². The van der Waals surface area contributed by atoms with E-state index < -0.39 is 87.2 Å². The number of allylic oxidation sites excluding steroid dienone is 2. The number of aliphatic carboxylic acids is 1. The Morgan fingerprint density at radius 3 is 2.35 bits per heavy atom. The summed E-state index contributed by atoms with van der Waals surface area (Å²) in [7, 11) is 0. The molecule has 3 fully saturated rings. The van der Waals surface area contributed by atoms with Crippen LogP contribution in [0.1, 0.15) is 53.9 Å². The fourth-order valence-electron chi connectivity index (χ4n) is 9.40. The van der Waals surface area contributed by atoms with Gasteiger partial charge in [0.25, 0.3) is 11.8 Å². The van der Waals surface area contributed by atoms with Gasteiger partial charge < -0.3 is 14.9 Å². The average Bonchev–Trinajstić information content (AvgIpc) is 3.58. The molecule has 310 valence electrons. The molecule has 2 aliphatic heterocycles. The lowest BCUT2D eigenvalue weighted by Gasteiger charge is -2.50. The van der Waals surface area contributed by atoms with Crippen molar-refractivity contribution in [2.45, 2.75) is 49.8 Å². The molecule has 60 heavy (non-hydrogen) atoms. The lowest BCUT2D eigenvalue weighted by molar-refractivity contribution is -0.142. The van der Waals surface area contributed by atoms with Crippen LogP contribution in [0.2, 0.25) is 10.0 Å². The minimum Gasteiger partial charge on any atom is -0.508 e. The molecule has 17 heteroatoms. The Kier molecular flexibility index (Phi) is 10.6. The predicted octanol–water partition coefficient (Wildman–Crippen LogP) is 7.54. The Balaban J connectivity index is 1.27. The number of aromatic hydroxyl groups is 1. The van der Waals surface area contributed by atoms with Crippen molar-refractivity contribution >= 4 is 58.6 Å². The number of likely N-dealkylation sites (tertiary alicyclic amines) is 1. The fourth-order valence-corrected chi connectivity index (χ4v) is 9.73. The van der Waals surface area contributed by atoms with Crippen LogP contribution >= 0.6 is 23.2 Å². The van der Waals surface area contributed by atoms with Crippen molar-refractivity contribution in [2.75, 3.05) is 12.0 Å². The number of carbonyl (C=O) groups is 5. The number of imide groups is 2. The van der Waals surface area contributed by atoms with Gasteiger partial charge in [0, 0.05) is 41.7 Å². The Bertz CT molecular complexity index is 2450. The van der Waals surface area contributed by atoms with E-state index in [-0.39, 0.29) is 55.9 Å². The number of benzene rings is 3. The lowest BCUT2D eigenvalue weighted by atomic mass is 9.49. The number of halogens is 5. The molecule has 3 aromatic carbocycles. The van der Waals surface area contributed by atoms with Gasteiger partial charge in [0.2, 0.25) is 11.8 Å². The normalized spacial score (nSPS) is 24.8. The molecule has 0 unspecified atom stereocenters. The van der Waals surface area contributed by atoms with Gasteiger partial charge in [-0.2, -0.15) is 18.2 Å². The minimum atomic E-state index is -4.79. The number of amides is 4. The van der Waals surface area contributed by atoms with Crippen molar-refractivity contribution < 1.29 is 52.1 Å². The van der Waals surface area contributed by atoms with Crippen molar-refractivity contribution in [3.05, 3.63) is 129 Å². The van der Waals surface area contributed by atoms with E-state index in [1.54, 1.807) is 30.3 Å². The maximum absolute atomic E-state index is 15.4. The molecular weight excluding hydrogens is 828 g/mol. The summed E-state index contributed by atoms with van der Waals surface area (Å²) in [6, 6.07) is 20.7. The van der Waals surface area contributed by atoms with Gasteiger partial charge in [-0.1, -0.05) is 83.4 Å². The zero-order valence-corrected chi connectivity index (χ0v) is 32.9. The number of hydrogen-bond donors (Lipinski definition) is 3. The molecule has 4 aromatic rings. The number of ether oxygens (including phenoxy) is 1. The standard InChI is InChI=1S/C43H35Cl2F3N4O8/c44-25-10-8-23(9-11-25)42-31(39(57)52(41(42)59)50-37-32(45)17-24(20-49-37)43(46,47)48)19-30-27(14-15-29-35(30)40(58)51(38(29)56)16-4-7-34(54)55)36(42)28-13-12-26(18-33(28)53)60-21-22-5-2-1-3-6-22/h1-3,5-6,8-14,17-18,20,29-31,35-36,53H,4,7,15-16,19,21H2,(H,49,50)(H,54,55)/t29-,30+,31-,35-,36+,42+/m0/s1. The highest BCUT2D eigenvalue weighted by Gasteiger charge is 2.70. The first-order chi connectivity index (χ1) is 28.6. The van der Waals surface area contributed by atoms with E-state index in [4.69, 9.17) is 27.9 Å². The molecule has 4 amide bonds. The summed E-state index contributed by atoms with van der Waals surface area (Å²) in [4.78, 5) is 74.5. The van der Waals surface area contributed by atoms with E-state index in [9.17, 15) is 42.6 Å². The van der Waals surface area contributed by atoms with Crippen LogP contribution in [0, 0.1) is 23.7 Å². The van der Waals surface area contributed by atoms with Crippen LogP contribution in [0.25, 0.3) is 0 Å². The lowest BCUT2D eigenvalue weighted by Crippen LogP contribution is -2.53. The zero-order valence-electron chi connectivity index (χ0n) is 31.4. The molecule has 0 bridgehead atoms. The smallest absolute Gasteiger partial charge is 0.417 e. The molecule has 6 atom stereocenters. The SMILES string of the molecule is O=C(O)CCCN1C(=O)[C@H]2[C@H](CC=C3[C@H]2C[C@H]2C(=O)N(Nc4ncc(C(F)(F)F)cc4Cl)C(=O)[C@@]2(c2ccc(Cl)cc2)[C@H]3c2ccc(OCc3ccccc3)cc2O)C1=O. The quantitative estimate of drug-likeness (QED) is 0.101. The topological polar surface area (TPSA) is 166 Å². The van der Waals surface area contributed by atoms with Crippen LogP contribution in [-0.2, 0) is 42.2 Å². The van der Waals surface area contributed by atoms with Gasteiger partial charge in [-0.25, -0.2) is 4.98 Å². The Morgan fingerprint density at radius 2 is 1.68 bits per heavy atom. The van der Waals surface area contributed by atoms with Crippen LogP contribution in [0.4, 0.5) is 19.0 Å². The van der Waals surface area contributed by atoms with E-state index in [0.29, 0.717) is 33.4 Å². The van der Waals surface area contributed by atoms with Crippen LogP contribution in [0.5, 0.6) is 11.5 Å². The maximum atomic E-state index is 15.4.